The van der Waals surface area contributed by atoms with E-state index in [1.165, 1.54) is 0 Å². The Bertz CT molecular complexity index is 721. The first-order valence-corrected chi connectivity index (χ1v) is 9.57. The predicted octanol–water partition coefficient (Wildman–Crippen LogP) is 0.955. The highest BCUT2D eigenvalue weighted by atomic mass is 35.5. The van der Waals surface area contributed by atoms with Gasteiger partial charge in [-0.15, -0.1) is 0 Å². The third-order valence-corrected chi connectivity index (χ3v) is 5.82. The number of carbonyl (C=O) groups is 2. The summed E-state index contributed by atoms with van der Waals surface area (Å²) in [4.78, 5) is 23.4. The van der Waals surface area contributed by atoms with Crippen molar-refractivity contribution in [1.82, 2.24) is 10.6 Å². The second kappa shape index (κ2) is 7.51. The molecule has 6 nitrogen and oxygen atoms in total. The van der Waals surface area contributed by atoms with Gasteiger partial charge < -0.3 is 10.6 Å². The molecular formula is C14H16Cl2N2O4S. The van der Waals surface area contributed by atoms with E-state index in [0.717, 1.165) is 5.56 Å². The maximum Gasteiger partial charge on any atom is 0.309 e. The van der Waals surface area contributed by atoms with E-state index in [1.807, 2.05) is 0 Å². The van der Waals surface area contributed by atoms with Crippen molar-refractivity contribution in [3.05, 3.63) is 33.8 Å². The fraction of sp³-hybridized carbons (Fsp3) is 0.429. The SMILES string of the molecule is O=C(NCCc1ccc(Cl)cc1Cl)C(=O)NC1CCS(=O)(=O)C1. The Morgan fingerprint density at radius 1 is 1.22 bits per heavy atom. The van der Waals surface area contributed by atoms with Gasteiger partial charge in [0.25, 0.3) is 0 Å². The molecule has 1 aromatic carbocycles. The number of halogens is 2. The first kappa shape index (κ1) is 18.0. The normalized spacial score (nSPS) is 19.3. The minimum Gasteiger partial charge on any atom is -0.348 e. The van der Waals surface area contributed by atoms with E-state index in [0.29, 0.717) is 22.9 Å². The van der Waals surface area contributed by atoms with Gasteiger partial charge in [0.05, 0.1) is 11.5 Å². The molecule has 1 aromatic rings. The number of hydrogen-bond acceptors (Lipinski definition) is 4. The molecule has 1 atom stereocenters. The Morgan fingerprint density at radius 2 is 1.96 bits per heavy atom. The van der Waals surface area contributed by atoms with Gasteiger partial charge in [0.1, 0.15) is 0 Å². The molecular weight excluding hydrogens is 363 g/mol. The highest BCUT2D eigenvalue weighted by molar-refractivity contribution is 7.91. The summed E-state index contributed by atoms with van der Waals surface area (Å²) in [6, 6.07) is 4.55. The van der Waals surface area contributed by atoms with Crippen LogP contribution < -0.4 is 10.6 Å². The third-order valence-electron chi connectivity index (χ3n) is 3.47. The summed E-state index contributed by atoms with van der Waals surface area (Å²) in [5, 5.41) is 5.92. The summed E-state index contributed by atoms with van der Waals surface area (Å²) in [5.74, 6) is -1.70. The first-order chi connectivity index (χ1) is 10.8. The molecule has 1 fully saturated rings. The average molecular weight is 379 g/mol. The summed E-state index contributed by atoms with van der Waals surface area (Å²) in [5.41, 5.74) is 0.804. The molecule has 1 unspecified atom stereocenters. The Kier molecular flexibility index (Phi) is 5.89. The third kappa shape index (κ3) is 5.37. The number of benzene rings is 1. The van der Waals surface area contributed by atoms with Crippen LogP contribution in [-0.4, -0.2) is 44.3 Å². The largest absolute Gasteiger partial charge is 0.348 e. The lowest BCUT2D eigenvalue weighted by atomic mass is 10.1. The molecule has 0 aliphatic carbocycles. The van der Waals surface area contributed by atoms with E-state index >= 15 is 0 Å². The number of amides is 2. The van der Waals surface area contributed by atoms with E-state index in [4.69, 9.17) is 23.2 Å². The quantitative estimate of drug-likeness (QED) is 0.763. The molecule has 23 heavy (non-hydrogen) atoms. The van der Waals surface area contributed by atoms with Crippen molar-refractivity contribution in [2.24, 2.45) is 0 Å². The second-order valence-electron chi connectivity index (χ2n) is 5.32. The van der Waals surface area contributed by atoms with Crippen molar-refractivity contribution in [3.8, 4) is 0 Å². The number of rotatable bonds is 4. The van der Waals surface area contributed by atoms with Crippen molar-refractivity contribution >= 4 is 44.9 Å². The van der Waals surface area contributed by atoms with Crippen LogP contribution in [0, 0.1) is 0 Å². The van der Waals surface area contributed by atoms with E-state index in [-0.39, 0.29) is 18.1 Å². The fourth-order valence-electron chi connectivity index (χ4n) is 2.28. The molecule has 9 heteroatoms. The van der Waals surface area contributed by atoms with Gasteiger partial charge in [-0.3, -0.25) is 9.59 Å². The molecule has 126 valence electrons. The Hall–Kier alpha value is -1.31. The van der Waals surface area contributed by atoms with Gasteiger partial charge in [0.2, 0.25) is 0 Å². The average Bonchev–Trinajstić information content (AvgIpc) is 2.80. The van der Waals surface area contributed by atoms with Crippen LogP contribution in [0.2, 0.25) is 10.0 Å². The lowest BCUT2D eigenvalue weighted by molar-refractivity contribution is -0.139. The van der Waals surface area contributed by atoms with Gasteiger partial charge in [-0.2, -0.15) is 0 Å². The lowest BCUT2D eigenvalue weighted by Crippen LogP contribution is -2.45. The standard InChI is InChI=1S/C14H16Cl2N2O4S/c15-10-2-1-9(12(16)7-10)3-5-17-13(19)14(20)18-11-4-6-23(21,22)8-11/h1-2,7,11H,3-6,8H2,(H,17,19)(H,18,20). The molecule has 1 heterocycles. The molecule has 1 aliphatic rings. The minimum atomic E-state index is -3.10. The van der Waals surface area contributed by atoms with Crippen molar-refractivity contribution in [2.75, 3.05) is 18.1 Å². The maximum atomic E-state index is 11.7. The zero-order valence-electron chi connectivity index (χ0n) is 12.1. The monoisotopic (exact) mass is 378 g/mol. The van der Waals surface area contributed by atoms with Crippen molar-refractivity contribution in [2.45, 2.75) is 18.9 Å². The Balaban J connectivity index is 1.77. The Morgan fingerprint density at radius 3 is 2.57 bits per heavy atom. The van der Waals surface area contributed by atoms with E-state index in [2.05, 4.69) is 10.6 Å². The first-order valence-electron chi connectivity index (χ1n) is 7.00. The van der Waals surface area contributed by atoms with Crippen LogP contribution in [-0.2, 0) is 25.8 Å². The summed E-state index contributed by atoms with van der Waals surface area (Å²) < 4.78 is 22.6. The second-order valence-corrected chi connectivity index (χ2v) is 8.39. The van der Waals surface area contributed by atoms with E-state index in [1.54, 1.807) is 18.2 Å². The zero-order chi connectivity index (χ0) is 17.0. The molecule has 0 bridgehead atoms. The van der Waals surface area contributed by atoms with E-state index < -0.39 is 27.7 Å². The number of hydrogen-bond donors (Lipinski definition) is 2. The number of nitrogens with one attached hydrogen (secondary N) is 2. The molecule has 0 aromatic heterocycles. The molecule has 0 radical (unpaired) electrons. The van der Waals surface area contributed by atoms with Crippen LogP contribution in [0.5, 0.6) is 0 Å². The summed E-state index contributed by atoms with van der Waals surface area (Å²) in [6.45, 7) is 0.233. The van der Waals surface area contributed by atoms with Gasteiger partial charge >= 0.3 is 11.8 Å². The molecule has 0 saturated carbocycles. The summed E-state index contributed by atoms with van der Waals surface area (Å²) in [7, 11) is -3.10. The predicted molar refractivity (Wildman–Crippen MR) is 88.4 cm³/mol. The van der Waals surface area contributed by atoms with Gasteiger partial charge in [0, 0.05) is 22.6 Å². The van der Waals surface area contributed by atoms with Gasteiger partial charge in [0.15, 0.2) is 9.84 Å². The maximum absolute atomic E-state index is 11.7. The van der Waals surface area contributed by atoms with Crippen molar-refractivity contribution in [3.63, 3.8) is 0 Å². The van der Waals surface area contributed by atoms with Crippen LogP contribution in [0.25, 0.3) is 0 Å². The van der Waals surface area contributed by atoms with Gasteiger partial charge in [-0.25, -0.2) is 8.42 Å². The van der Waals surface area contributed by atoms with Crippen LogP contribution >= 0.6 is 23.2 Å². The highest BCUT2D eigenvalue weighted by Crippen LogP contribution is 2.21. The van der Waals surface area contributed by atoms with E-state index in [9.17, 15) is 18.0 Å². The topological polar surface area (TPSA) is 92.3 Å². The zero-order valence-corrected chi connectivity index (χ0v) is 14.5. The molecule has 2 N–H and O–H groups in total. The number of carbonyl (C=O) groups excluding carboxylic acids is 2. The van der Waals surface area contributed by atoms with Crippen molar-refractivity contribution in [1.29, 1.82) is 0 Å². The molecule has 1 saturated heterocycles. The number of sulfone groups is 1. The van der Waals surface area contributed by atoms with Gasteiger partial charge in [-0.05, 0) is 30.5 Å². The van der Waals surface area contributed by atoms with Gasteiger partial charge in [-0.1, -0.05) is 29.3 Å². The van der Waals surface area contributed by atoms with Crippen molar-refractivity contribution < 1.29 is 18.0 Å². The minimum absolute atomic E-state index is 0.0363. The van der Waals surface area contributed by atoms with Crippen LogP contribution in [0.3, 0.4) is 0 Å². The van der Waals surface area contributed by atoms with Crippen LogP contribution in [0.1, 0.15) is 12.0 Å². The molecule has 2 amide bonds. The fourth-order valence-corrected chi connectivity index (χ4v) is 4.45. The van der Waals surface area contributed by atoms with Crippen LogP contribution in [0.15, 0.2) is 18.2 Å². The molecule has 1 aliphatic heterocycles. The lowest BCUT2D eigenvalue weighted by Gasteiger charge is -2.11. The highest BCUT2D eigenvalue weighted by Gasteiger charge is 2.30. The smallest absolute Gasteiger partial charge is 0.309 e. The summed E-state index contributed by atoms with van der Waals surface area (Å²) in [6.07, 6.45) is 0.786. The molecule has 0 spiro atoms. The Labute approximate surface area is 144 Å². The molecule has 2 rings (SSSR count). The summed E-state index contributed by atoms with van der Waals surface area (Å²) >= 11 is 11.8. The van der Waals surface area contributed by atoms with Crippen LogP contribution in [0.4, 0.5) is 0 Å².